The lowest BCUT2D eigenvalue weighted by molar-refractivity contribution is 0.0943. The van der Waals surface area contributed by atoms with Crippen LogP contribution >= 0.6 is 0 Å². The number of nitrogens with zero attached hydrogens (tertiary/aromatic N) is 1. The summed E-state index contributed by atoms with van der Waals surface area (Å²) in [6.45, 7) is 6.42. The molecular weight excluding hydrogens is 278 g/mol. The molecule has 1 amide bonds. The van der Waals surface area contributed by atoms with Crippen LogP contribution in [0.5, 0.6) is 5.75 Å². The maximum Gasteiger partial charge on any atom is 0.255 e. The Morgan fingerprint density at radius 2 is 1.95 bits per heavy atom. The number of benzene rings is 1. The van der Waals surface area contributed by atoms with Gasteiger partial charge in [0.15, 0.2) is 0 Å². The molecule has 0 saturated carbocycles. The zero-order chi connectivity index (χ0) is 15.9. The van der Waals surface area contributed by atoms with Crippen LogP contribution in [0.4, 0.5) is 11.5 Å². The van der Waals surface area contributed by atoms with Crippen LogP contribution in [-0.2, 0) is 0 Å². The van der Waals surface area contributed by atoms with E-state index in [2.05, 4.69) is 15.6 Å². The average molecular weight is 299 g/mol. The van der Waals surface area contributed by atoms with Crippen LogP contribution in [0.25, 0.3) is 0 Å². The van der Waals surface area contributed by atoms with Gasteiger partial charge in [-0.05, 0) is 57.2 Å². The van der Waals surface area contributed by atoms with E-state index in [-0.39, 0.29) is 11.9 Å². The fourth-order valence-electron chi connectivity index (χ4n) is 1.97. The number of nitrogens with one attached hydrogen (secondary N) is 2. The van der Waals surface area contributed by atoms with Gasteiger partial charge in [0, 0.05) is 17.9 Å². The zero-order valence-electron chi connectivity index (χ0n) is 13.1. The van der Waals surface area contributed by atoms with Gasteiger partial charge in [-0.25, -0.2) is 4.98 Å². The minimum absolute atomic E-state index is 0.0750. The first-order valence-electron chi connectivity index (χ1n) is 7.36. The topological polar surface area (TPSA) is 63.2 Å². The fourth-order valence-corrected chi connectivity index (χ4v) is 1.97. The Kier molecular flexibility index (Phi) is 5.36. The van der Waals surface area contributed by atoms with Crippen molar-refractivity contribution in [3.63, 3.8) is 0 Å². The number of carbonyl (C=O) groups excluding carboxylic acids is 1. The average Bonchev–Trinajstić information content (AvgIpc) is 2.49. The number of hydrogen-bond donors (Lipinski definition) is 2. The molecule has 2 rings (SSSR count). The quantitative estimate of drug-likeness (QED) is 0.858. The maximum atomic E-state index is 12.2. The third kappa shape index (κ3) is 4.22. The normalized spacial score (nSPS) is 10.4. The summed E-state index contributed by atoms with van der Waals surface area (Å²) in [6, 6.07) is 11.1. The van der Waals surface area contributed by atoms with E-state index >= 15 is 0 Å². The predicted octanol–water partition coefficient (Wildman–Crippen LogP) is 3.36. The summed E-state index contributed by atoms with van der Waals surface area (Å²) in [6.07, 6.45) is 1.66. The van der Waals surface area contributed by atoms with Gasteiger partial charge in [-0.2, -0.15) is 0 Å². The second kappa shape index (κ2) is 7.45. The number of amides is 1. The van der Waals surface area contributed by atoms with Gasteiger partial charge >= 0.3 is 0 Å². The molecule has 1 aromatic carbocycles. The molecule has 0 atom stereocenters. The van der Waals surface area contributed by atoms with Crippen LogP contribution in [0.2, 0.25) is 0 Å². The van der Waals surface area contributed by atoms with E-state index in [4.69, 9.17) is 4.74 Å². The van der Waals surface area contributed by atoms with Crippen LogP contribution in [0.1, 0.15) is 31.1 Å². The molecule has 0 spiro atoms. The second-order valence-electron chi connectivity index (χ2n) is 5.11. The smallest absolute Gasteiger partial charge is 0.255 e. The maximum absolute atomic E-state index is 12.2. The largest absolute Gasteiger partial charge is 0.494 e. The molecule has 0 aliphatic carbocycles. The Balaban J connectivity index is 2.17. The Bertz CT molecular complexity index is 624. The van der Waals surface area contributed by atoms with Gasteiger partial charge in [0.05, 0.1) is 12.2 Å². The van der Waals surface area contributed by atoms with E-state index in [0.717, 1.165) is 11.4 Å². The van der Waals surface area contributed by atoms with Crippen molar-refractivity contribution < 1.29 is 9.53 Å². The van der Waals surface area contributed by atoms with E-state index in [9.17, 15) is 4.79 Å². The lowest BCUT2D eigenvalue weighted by Gasteiger charge is -2.13. The van der Waals surface area contributed by atoms with Crippen LogP contribution < -0.4 is 15.4 Å². The summed E-state index contributed by atoms with van der Waals surface area (Å²) in [5, 5.41) is 6.04. The summed E-state index contributed by atoms with van der Waals surface area (Å²) in [7, 11) is 0. The molecule has 2 N–H and O–H groups in total. The van der Waals surface area contributed by atoms with Gasteiger partial charge in [-0.15, -0.1) is 0 Å². The van der Waals surface area contributed by atoms with E-state index < -0.39 is 0 Å². The lowest BCUT2D eigenvalue weighted by Crippen LogP contribution is -2.30. The first kappa shape index (κ1) is 15.8. The van der Waals surface area contributed by atoms with E-state index in [1.54, 1.807) is 18.3 Å². The Hall–Kier alpha value is -2.56. The highest BCUT2D eigenvalue weighted by atomic mass is 16.5. The molecule has 5 nitrogen and oxygen atoms in total. The first-order valence-corrected chi connectivity index (χ1v) is 7.36. The minimum atomic E-state index is -0.142. The molecule has 0 radical (unpaired) electrons. The zero-order valence-corrected chi connectivity index (χ0v) is 13.1. The van der Waals surface area contributed by atoms with Gasteiger partial charge in [0.1, 0.15) is 11.6 Å². The molecule has 0 fully saturated rings. The number of aromatic nitrogens is 1. The number of anilines is 2. The molecule has 5 heteroatoms. The van der Waals surface area contributed by atoms with E-state index in [1.807, 2.05) is 45.0 Å². The third-order valence-electron chi connectivity index (χ3n) is 2.90. The summed E-state index contributed by atoms with van der Waals surface area (Å²) < 4.78 is 5.41. The molecule has 1 heterocycles. The highest BCUT2D eigenvalue weighted by molar-refractivity contribution is 5.99. The summed E-state index contributed by atoms with van der Waals surface area (Å²) in [5.41, 5.74) is 1.37. The minimum Gasteiger partial charge on any atom is -0.494 e. The Labute approximate surface area is 130 Å². The number of hydrogen-bond acceptors (Lipinski definition) is 4. The molecule has 0 saturated heterocycles. The molecule has 0 aliphatic rings. The standard InChI is InChI=1S/C17H21N3O2/c1-4-22-14-9-7-13(8-10-14)20-16-15(6-5-11-18-16)17(21)19-12(2)3/h5-12H,4H2,1-3H3,(H,18,20)(H,19,21). The van der Waals surface area contributed by atoms with Crippen LogP contribution in [-0.4, -0.2) is 23.5 Å². The van der Waals surface area contributed by atoms with Gasteiger partial charge in [-0.3, -0.25) is 4.79 Å². The first-order chi connectivity index (χ1) is 10.6. The third-order valence-corrected chi connectivity index (χ3v) is 2.90. The van der Waals surface area contributed by atoms with E-state index in [1.165, 1.54) is 0 Å². The van der Waals surface area contributed by atoms with E-state index in [0.29, 0.717) is 18.0 Å². The van der Waals surface area contributed by atoms with Crippen molar-refractivity contribution in [2.75, 3.05) is 11.9 Å². The van der Waals surface area contributed by atoms with Gasteiger partial charge in [-0.1, -0.05) is 0 Å². The molecular formula is C17H21N3O2. The lowest BCUT2D eigenvalue weighted by atomic mass is 10.2. The van der Waals surface area contributed by atoms with Gasteiger partial charge in [0.2, 0.25) is 0 Å². The number of ether oxygens (including phenoxy) is 1. The Morgan fingerprint density at radius 3 is 2.59 bits per heavy atom. The predicted molar refractivity (Wildman–Crippen MR) is 87.7 cm³/mol. The highest BCUT2D eigenvalue weighted by Gasteiger charge is 2.13. The van der Waals surface area contributed by atoms with Crippen molar-refractivity contribution in [3.8, 4) is 5.75 Å². The van der Waals surface area contributed by atoms with Crippen molar-refractivity contribution in [1.29, 1.82) is 0 Å². The molecule has 22 heavy (non-hydrogen) atoms. The number of carbonyl (C=O) groups is 1. The molecule has 0 unspecified atom stereocenters. The van der Waals surface area contributed by atoms with Crippen LogP contribution in [0.3, 0.4) is 0 Å². The monoisotopic (exact) mass is 299 g/mol. The van der Waals surface area contributed by atoms with Crippen LogP contribution in [0.15, 0.2) is 42.6 Å². The number of rotatable bonds is 6. The molecule has 2 aromatic rings. The van der Waals surface area contributed by atoms with Crippen molar-refractivity contribution in [1.82, 2.24) is 10.3 Å². The van der Waals surface area contributed by atoms with Crippen molar-refractivity contribution in [2.24, 2.45) is 0 Å². The molecule has 0 aliphatic heterocycles. The van der Waals surface area contributed by atoms with Crippen molar-refractivity contribution in [3.05, 3.63) is 48.2 Å². The Morgan fingerprint density at radius 1 is 1.23 bits per heavy atom. The van der Waals surface area contributed by atoms with Crippen LogP contribution in [0, 0.1) is 0 Å². The van der Waals surface area contributed by atoms with Crippen molar-refractivity contribution >= 4 is 17.4 Å². The van der Waals surface area contributed by atoms with Gasteiger partial charge < -0.3 is 15.4 Å². The second-order valence-corrected chi connectivity index (χ2v) is 5.11. The molecule has 1 aromatic heterocycles. The van der Waals surface area contributed by atoms with Crippen molar-refractivity contribution in [2.45, 2.75) is 26.8 Å². The summed E-state index contributed by atoms with van der Waals surface area (Å²) in [4.78, 5) is 16.5. The SMILES string of the molecule is CCOc1ccc(Nc2ncccc2C(=O)NC(C)C)cc1. The molecule has 0 bridgehead atoms. The van der Waals surface area contributed by atoms with Gasteiger partial charge in [0.25, 0.3) is 5.91 Å². The fraction of sp³-hybridized carbons (Fsp3) is 0.294. The molecule has 116 valence electrons. The number of pyridine rings is 1. The summed E-state index contributed by atoms with van der Waals surface area (Å²) >= 11 is 0. The highest BCUT2D eigenvalue weighted by Crippen LogP contribution is 2.21. The summed E-state index contributed by atoms with van der Waals surface area (Å²) in [5.74, 6) is 1.20.